The molecule has 1 fully saturated rings. The summed E-state index contributed by atoms with van der Waals surface area (Å²) in [4.78, 5) is 27.8. The molecule has 1 amide bonds. The second-order valence-corrected chi connectivity index (χ2v) is 6.99. The number of aromatic carboxylic acids is 1. The Labute approximate surface area is 155 Å². The normalized spacial score (nSPS) is 17.1. The van der Waals surface area contributed by atoms with Crippen molar-refractivity contribution in [3.8, 4) is 5.75 Å². The molecule has 0 unspecified atom stereocenters. The summed E-state index contributed by atoms with van der Waals surface area (Å²) in [5.41, 5.74) is 0.949. The Morgan fingerprint density at radius 3 is 2.60 bits per heavy atom. The molecule has 3 rings (SSSR count). The minimum absolute atomic E-state index is 0.248. The van der Waals surface area contributed by atoms with E-state index in [0.717, 1.165) is 21.8 Å². The van der Waals surface area contributed by atoms with Crippen molar-refractivity contribution in [3.63, 3.8) is 0 Å². The molecule has 2 aromatic carbocycles. The number of amidine groups is 1. The summed E-state index contributed by atoms with van der Waals surface area (Å²) in [6.45, 7) is 0. The van der Waals surface area contributed by atoms with Crippen molar-refractivity contribution in [2.75, 3.05) is 0 Å². The number of aliphatic imine (C=N–C) groups is 1. The van der Waals surface area contributed by atoms with Gasteiger partial charge in [0.05, 0.1) is 10.6 Å². The number of carboxylic acids is 1. The third-order valence-electron chi connectivity index (χ3n) is 3.26. The number of thioether (sulfide) groups is 1. The maximum absolute atomic E-state index is 12.1. The first-order valence-corrected chi connectivity index (χ1v) is 8.65. The largest absolute Gasteiger partial charge is 0.507 e. The van der Waals surface area contributed by atoms with Crippen LogP contribution in [-0.2, 0) is 4.79 Å². The predicted molar refractivity (Wildman–Crippen MR) is 100 cm³/mol. The van der Waals surface area contributed by atoms with Crippen molar-refractivity contribution in [1.29, 1.82) is 0 Å². The van der Waals surface area contributed by atoms with Crippen molar-refractivity contribution in [2.24, 2.45) is 4.99 Å². The molecule has 2 aromatic rings. The maximum atomic E-state index is 12.1. The molecule has 0 saturated carbocycles. The fourth-order valence-electron chi connectivity index (χ4n) is 2.07. The van der Waals surface area contributed by atoms with Gasteiger partial charge in [-0.2, -0.15) is 0 Å². The van der Waals surface area contributed by atoms with E-state index in [1.165, 1.54) is 18.2 Å². The number of nitrogens with zero attached hydrogens (tertiary/aromatic N) is 1. The van der Waals surface area contributed by atoms with Gasteiger partial charge in [-0.1, -0.05) is 28.1 Å². The highest BCUT2D eigenvalue weighted by molar-refractivity contribution is 9.10. The summed E-state index contributed by atoms with van der Waals surface area (Å²) >= 11 is 4.51. The highest BCUT2D eigenvalue weighted by atomic mass is 79.9. The molecule has 25 heavy (non-hydrogen) atoms. The zero-order valence-corrected chi connectivity index (χ0v) is 15.0. The van der Waals surface area contributed by atoms with Gasteiger partial charge in [-0.25, -0.2) is 9.79 Å². The predicted octanol–water partition coefficient (Wildman–Crippen LogP) is 3.74. The van der Waals surface area contributed by atoms with Crippen LogP contribution in [0.1, 0.15) is 15.9 Å². The van der Waals surface area contributed by atoms with Gasteiger partial charge in [0.2, 0.25) is 0 Å². The molecular weight excluding hydrogens is 408 g/mol. The van der Waals surface area contributed by atoms with Gasteiger partial charge in [-0.15, -0.1) is 0 Å². The van der Waals surface area contributed by atoms with Gasteiger partial charge in [-0.05, 0) is 53.7 Å². The average molecular weight is 419 g/mol. The molecule has 0 aromatic heterocycles. The van der Waals surface area contributed by atoms with Crippen LogP contribution in [0.5, 0.6) is 5.75 Å². The lowest BCUT2D eigenvalue weighted by Gasteiger charge is -2.01. The van der Waals surface area contributed by atoms with Crippen LogP contribution in [-0.4, -0.2) is 27.3 Å². The fourth-order valence-corrected chi connectivity index (χ4v) is 3.18. The number of rotatable bonds is 3. The molecule has 1 saturated heterocycles. The molecule has 126 valence electrons. The quantitative estimate of drug-likeness (QED) is 0.659. The number of nitrogens with one attached hydrogen (secondary N) is 1. The van der Waals surface area contributed by atoms with E-state index in [2.05, 4.69) is 26.2 Å². The first kappa shape index (κ1) is 17.2. The van der Waals surface area contributed by atoms with E-state index < -0.39 is 5.97 Å². The number of amides is 1. The second kappa shape index (κ2) is 7.12. The molecule has 1 aliphatic heterocycles. The number of hydrogen-bond donors (Lipinski definition) is 3. The van der Waals surface area contributed by atoms with Gasteiger partial charge in [0.15, 0.2) is 5.17 Å². The molecule has 3 N–H and O–H groups in total. The Balaban J connectivity index is 1.85. The van der Waals surface area contributed by atoms with Gasteiger partial charge in [-0.3, -0.25) is 4.79 Å². The molecule has 8 heteroatoms. The van der Waals surface area contributed by atoms with E-state index in [-0.39, 0.29) is 17.2 Å². The summed E-state index contributed by atoms with van der Waals surface area (Å²) in [7, 11) is 0. The zero-order valence-electron chi connectivity index (χ0n) is 12.6. The van der Waals surface area contributed by atoms with Crippen molar-refractivity contribution in [2.45, 2.75) is 0 Å². The summed E-state index contributed by atoms with van der Waals surface area (Å²) in [5.74, 6) is -1.86. The number of carbonyl (C=O) groups is 2. The number of aromatic hydroxyl groups is 1. The molecule has 0 radical (unpaired) electrons. The number of hydrogen-bond acceptors (Lipinski definition) is 5. The maximum Gasteiger partial charge on any atom is 0.339 e. The molecule has 0 atom stereocenters. The third-order valence-corrected chi connectivity index (χ3v) is 4.70. The summed E-state index contributed by atoms with van der Waals surface area (Å²) < 4.78 is 0.946. The Kier molecular flexibility index (Phi) is 4.91. The molecule has 1 heterocycles. The number of carboxylic acid groups (broad SMARTS) is 1. The minimum atomic E-state index is -1.25. The monoisotopic (exact) mass is 418 g/mol. The smallest absolute Gasteiger partial charge is 0.339 e. The van der Waals surface area contributed by atoms with Gasteiger partial charge in [0.1, 0.15) is 11.3 Å². The van der Waals surface area contributed by atoms with Crippen LogP contribution in [0.2, 0.25) is 0 Å². The lowest BCUT2D eigenvalue weighted by Crippen LogP contribution is -2.19. The van der Waals surface area contributed by atoms with Crippen molar-refractivity contribution in [1.82, 2.24) is 5.32 Å². The molecule has 0 aliphatic carbocycles. The van der Waals surface area contributed by atoms with Gasteiger partial charge >= 0.3 is 5.97 Å². The number of carbonyl (C=O) groups excluding carboxylic acids is 1. The van der Waals surface area contributed by atoms with E-state index in [1.54, 1.807) is 6.08 Å². The standard InChI is InChI=1S/C17H11BrN2O4S/c18-10-3-1-9(2-4-10)7-14-15(22)20-17(25-14)19-11-5-6-13(21)12(8-11)16(23)24/h1-8,21H,(H,23,24)(H,19,20,22)/b14-7-. The molecule has 0 spiro atoms. The van der Waals surface area contributed by atoms with E-state index in [1.807, 2.05) is 24.3 Å². The fraction of sp³-hybridized carbons (Fsp3) is 0. The second-order valence-electron chi connectivity index (χ2n) is 5.04. The Morgan fingerprint density at radius 1 is 1.20 bits per heavy atom. The average Bonchev–Trinajstić information content (AvgIpc) is 2.90. The summed E-state index contributed by atoms with van der Waals surface area (Å²) in [6, 6.07) is 11.5. The molecule has 6 nitrogen and oxygen atoms in total. The lowest BCUT2D eigenvalue weighted by atomic mass is 10.2. The van der Waals surface area contributed by atoms with E-state index in [4.69, 9.17) is 5.11 Å². The van der Waals surface area contributed by atoms with Crippen LogP contribution in [0.4, 0.5) is 5.69 Å². The van der Waals surface area contributed by atoms with Crippen LogP contribution in [0.25, 0.3) is 6.08 Å². The van der Waals surface area contributed by atoms with Gasteiger partial charge in [0.25, 0.3) is 5.91 Å². The highest BCUT2D eigenvalue weighted by Crippen LogP contribution is 2.30. The topological polar surface area (TPSA) is 99.0 Å². The van der Waals surface area contributed by atoms with Crippen molar-refractivity contribution >= 4 is 56.5 Å². The Bertz CT molecular complexity index is 923. The number of halogens is 1. The van der Waals surface area contributed by atoms with E-state index in [9.17, 15) is 14.7 Å². The summed E-state index contributed by atoms with van der Waals surface area (Å²) in [5, 5.41) is 21.5. The highest BCUT2D eigenvalue weighted by Gasteiger charge is 2.24. The third kappa shape index (κ3) is 4.09. The van der Waals surface area contributed by atoms with E-state index in [0.29, 0.717) is 15.8 Å². The molecule has 0 bridgehead atoms. The summed E-state index contributed by atoms with van der Waals surface area (Å²) in [6.07, 6.45) is 1.74. The van der Waals surface area contributed by atoms with Crippen LogP contribution >= 0.6 is 27.7 Å². The first-order valence-electron chi connectivity index (χ1n) is 7.04. The SMILES string of the molecule is O=C1NC(=Nc2ccc(O)c(C(=O)O)c2)S/C1=C\c1ccc(Br)cc1. The van der Waals surface area contributed by atoms with Crippen LogP contribution < -0.4 is 5.32 Å². The van der Waals surface area contributed by atoms with Gasteiger partial charge in [0, 0.05) is 4.47 Å². The lowest BCUT2D eigenvalue weighted by molar-refractivity contribution is -0.115. The Morgan fingerprint density at radius 2 is 1.92 bits per heavy atom. The number of benzene rings is 2. The minimum Gasteiger partial charge on any atom is -0.507 e. The van der Waals surface area contributed by atoms with Crippen molar-refractivity contribution in [3.05, 3.63) is 63.0 Å². The molecular formula is C17H11BrN2O4S. The van der Waals surface area contributed by atoms with Crippen LogP contribution in [0, 0.1) is 0 Å². The van der Waals surface area contributed by atoms with Crippen molar-refractivity contribution < 1.29 is 19.8 Å². The number of phenols is 1. The van der Waals surface area contributed by atoms with Crippen LogP contribution in [0.3, 0.4) is 0 Å². The Hall–Kier alpha value is -2.58. The van der Waals surface area contributed by atoms with Gasteiger partial charge < -0.3 is 15.5 Å². The van der Waals surface area contributed by atoms with Crippen LogP contribution in [0.15, 0.2) is 56.8 Å². The zero-order chi connectivity index (χ0) is 18.0. The van der Waals surface area contributed by atoms with E-state index >= 15 is 0 Å². The first-order chi connectivity index (χ1) is 11.9. The molecule has 1 aliphatic rings.